The largest absolute Gasteiger partial charge is 0.351 e. The van der Waals surface area contributed by atoms with Crippen molar-refractivity contribution >= 4 is 15.7 Å². The van der Waals surface area contributed by atoms with Crippen molar-refractivity contribution in [3.05, 3.63) is 30.1 Å². The molecular weight excluding hydrogens is 331 g/mol. The molecule has 2 fully saturated rings. The second-order valence-corrected chi connectivity index (χ2v) is 8.91. The Balaban J connectivity index is 1.69. The molecule has 1 aromatic rings. The minimum atomic E-state index is -3.82. The number of carbonyl (C=O) groups is 1. The SMILES string of the molecule is C[C@H](C(=O)N[C@H]1CCN2CCCC[C@H]12)S(=O)(=O)c1ccc(F)cc1. The van der Waals surface area contributed by atoms with Crippen molar-refractivity contribution < 1.29 is 17.6 Å². The molecule has 2 aliphatic heterocycles. The molecular formula is C17H23FN2O3S. The molecule has 0 spiro atoms. The van der Waals surface area contributed by atoms with Crippen molar-refractivity contribution in [3.8, 4) is 0 Å². The van der Waals surface area contributed by atoms with Gasteiger partial charge in [0.2, 0.25) is 5.91 Å². The quantitative estimate of drug-likeness (QED) is 0.837. The summed E-state index contributed by atoms with van der Waals surface area (Å²) in [5.41, 5.74) is 0. The Kier molecular flexibility index (Phi) is 4.92. The van der Waals surface area contributed by atoms with Crippen LogP contribution in [-0.4, -0.2) is 49.6 Å². The lowest BCUT2D eigenvalue weighted by atomic mass is 9.99. The van der Waals surface area contributed by atoms with E-state index in [1.54, 1.807) is 0 Å². The van der Waals surface area contributed by atoms with E-state index in [0.717, 1.165) is 44.5 Å². The number of nitrogens with one attached hydrogen (secondary N) is 1. The first-order valence-corrected chi connectivity index (χ1v) is 9.98. The van der Waals surface area contributed by atoms with Gasteiger partial charge in [-0.3, -0.25) is 9.69 Å². The molecule has 2 heterocycles. The molecule has 1 N–H and O–H groups in total. The van der Waals surface area contributed by atoms with Crippen LogP contribution in [0.3, 0.4) is 0 Å². The molecule has 0 saturated carbocycles. The van der Waals surface area contributed by atoms with Crippen LogP contribution in [0, 0.1) is 5.82 Å². The molecule has 0 bridgehead atoms. The number of sulfone groups is 1. The summed E-state index contributed by atoms with van der Waals surface area (Å²) >= 11 is 0. The third-order valence-corrected chi connectivity index (χ3v) is 7.23. The maximum absolute atomic E-state index is 13.0. The van der Waals surface area contributed by atoms with Crippen molar-refractivity contribution in [2.24, 2.45) is 0 Å². The summed E-state index contributed by atoms with van der Waals surface area (Å²) in [6.45, 7) is 3.40. The fourth-order valence-electron chi connectivity index (χ4n) is 3.69. The third kappa shape index (κ3) is 3.32. The Morgan fingerprint density at radius 1 is 1.21 bits per heavy atom. The number of halogens is 1. The molecule has 0 aromatic heterocycles. The van der Waals surface area contributed by atoms with E-state index in [2.05, 4.69) is 10.2 Å². The number of carbonyl (C=O) groups excluding carboxylic acids is 1. The van der Waals surface area contributed by atoms with Gasteiger partial charge in [0.1, 0.15) is 11.1 Å². The Hall–Kier alpha value is -1.47. The van der Waals surface area contributed by atoms with E-state index in [4.69, 9.17) is 0 Å². The van der Waals surface area contributed by atoms with Crippen LogP contribution < -0.4 is 5.32 Å². The van der Waals surface area contributed by atoms with Crippen molar-refractivity contribution in [1.82, 2.24) is 10.2 Å². The minimum absolute atomic E-state index is 0.0173. The normalized spacial score (nSPS) is 25.9. The summed E-state index contributed by atoms with van der Waals surface area (Å²) in [5, 5.41) is 1.74. The van der Waals surface area contributed by atoms with E-state index in [1.165, 1.54) is 25.5 Å². The number of hydrogen-bond acceptors (Lipinski definition) is 4. The van der Waals surface area contributed by atoms with Crippen LogP contribution in [0.25, 0.3) is 0 Å². The zero-order valence-electron chi connectivity index (χ0n) is 13.7. The first-order chi connectivity index (χ1) is 11.4. The molecule has 24 heavy (non-hydrogen) atoms. The second-order valence-electron chi connectivity index (χ2n) is 6.64. The molecule has 0 aliphatic carbocycles. The summed E-state index contributed by atoms with van der Waals surface area (Å²) in [6, 6.07) is 4.93. The van der Waals surface area contributed by atoms with Gasteiger partial charge in [-0.05, 0) is 57.0 Å². The van der Waals surface area contributed by atoms with Crippen LogP contribution in [-0.2, 0) is 14.6 Å². The maximum atomic E-state index is 13.0. The number of amides is 1. The van der Waals surface area contributed by atoms with Gasteiger partial charge in [-0.25, -0.2) is 12.8 Å². The van der Waals surface area contributed by atoms with Crippen molar-refractivity contribution in [2.75, 3.05) is 13.1 Å². The Labute approximate surface area is 142 Å². The molecule has 1 amide bonds. The van der Waals surface area contributed by atoms with Gasteiger partial charge in [-0.2, -0.15) is 0 Å². The van der Waals surface area contributed by atoms with Gasteiger partial charge < -0.3 is 5.32 Å². The fraction of sp³-hybridized carbons (Fsp3) is 0.588. The van der Waals surface area contributed by atoms with Crippen molar-refractivity contribution in [1.29, 1.82) is 0 Å². The fourth-order valence-corrected chi connectivity index (χ4v) is 4.96. The van der Waals surface area contributed by atoms with Crippen LogP contribution in [0.4, 0.5) is 4.39 Å². The van der Waals surface area contributed by atoms with Gasteiger partial charge in [-0.1, -0.05) is 6.42 Å². The van der Waals surface area contributed by atoms with Gasteiger partial charge >= 0.3 is 0 Å². The van der Waals surface area contributed by atoms with Gasteiger partial charge in [0.15, 0.2) is 9.84 Å². The third-order valence-electron chi connectivity index (χ3n) is 5.16. The van der Waals surface area contributed by atoms with Gasteiger partial charge in [0.05, 0.1) is 4.90 Å². The zero-order valence-corrected chi connectivity index (χ0v) is 14.6. The highest BCUT2D eigenvalue weighted by atomic mass is 32.2. The minimum Gasteiger partial charge on any atom is -0.351 e. The summed E-state index contributed by atoms with van der Waals surface area (Å²) in [5.74, 6) is -0.980. The Morgan fingerprint density at radius 3 is 2.62 bits per heavy atom. The van der Waals surface area contributed by atoms with E-state index < -0.39 is 26.8 Å². The van der Waals surface area contributed by atoms with Crippen molar-refractivity contribution in [3.63, 3.8) is 0 Å². The van der Waals surface area contributed by atoms with Crippen LogP contribution in [0.1, 0.15) is 32.6 Å². The number of fused-ring (bicyclic) bond motifs is 1. The molecule has 3 atom stereocenters. The van der Waals surface area contributed by atoms with E-state index in [1.807, 2.05) is 0 Å². The summed E-state index contributed by atoms with van der Waals surface area (Å²) in [4.78, 5) is 14.8. The number of rotatable bonds is 4. The molecule has 2 aliphatic rings. The highest BCUT2D eigenvalue weighted by molar-refractivity contribution is 7.92. The summed E-state index contributed by atoms with van der Waals surface area (Å²) in [7, 11) is -3.82. The number of benzene rings is 1. The molecule has 3 rings (SSSR count). The number of nitrogens with zero attached hydrogens (tertiary/aromatic N) is 1. The Morgan fingerprint density at radius 2 is 1.92 bits per heavy atom. The lowest BCUT2D eigenvalue weighted by molar-refractivity contribution is -0.121. The van der Waals surface area contributed by atoms with Crippen molar-refractivity contribution in [2.45, 2.75) is 54.8 Å². The predicted octanol–water partition coefficient (Wildman–Crippen LogP) is 1.73. The highest BCUT2D eigenvalue weighted by Crippen LogP contribution is 2.27. The molecule has 132 valence electrons. The lowest BCUT2D eigenvalue weighted by Gasteiger charge is -2.32. The average molecular weight is 354 g/mol. The molecule has 0 unspecified atom stereocenters. The van der Waals surface area contributed by atoms with E-state index in [9.17, 15) is 17.6 Å². The predicted molar refractivity (Wildman–Crippen MR) is 88.8 cm³/mol. The van der Waals surface area contributed by atoms with Gasteiger partial charge in [0.25, 0.3) is 0 Å². The van der Waals surface area contributed by atoms with Gasteiger partial charge in [0, 0.05) is 18.6 Å². The topological polar surface area (TPSA) is 66.5 Å². The number of piperidine rings is 1. The van der Waals surface area contributed by atoms with E-state index in [0.29, 0.717) is 6.04 Å². The molecule has 7 heteroatoms. The molecule has 1 aromatic carbocycles. The average Bonchev–Trinajstić information content (AvgIpc) is 2.97. The zero-order chi connectivity index (χ0) is 17.3. The standard InChI is InChI=1S/C17H23FN2O3S/c1-12(24(22,23)14-7-5-13(18)6-8-14)17(21)19-15-9-11-20-10-3-2-4-16(15)20/h5-8,12,15-16H,2-4,9-11H2,1H3,(H,19,21)/t12-,15+,16-/m1/s1. The van der Waals surface area contributed by atoms with E-state index >= 15 is 0 Å². The Bertz CT molecular complexity index is 705. The first kappa shape index (κ1) is 17.4. The lowest BCUT2D eigenvalue weighted by Crippen LogP contribution is -2.50. The number of hydrogen-bond donors (Lipinski definition) is 1. The van der Waals surface area contributed by atoms with Crippen LogP contribution >= 0.6 is 0 Å². The first-order valence-electron chi connectivity index (χ1n) is 8.43. The van der Waals surface area contributed by atoms with Gasteiger partial charge in [-0.15, -0.1) is 0 Å². The highest BCUT2D eigenvalue weighted by Gasteiger charge is 2.38. The summed E-state index contributed by atoms with van der Waals surface area (Å²) in [6.07, 6.45) is 4.24. The molecule has 2 saturated heterocycles. The maximum Gasteiger partial charge on any atom is 0.238 e. The van der Waals surface area contributed by atoms with Crippen LogP contribution in [0.2, 0.25) is 0 Å². The molecule has 5 nitrogen and oxygen atoms in total. The second kappa shape index (κ2) is 6.80. The van der Waals surface area contributed by atoms with E-state index in [-0.39, 0.29) is 10.9 Å². The van der Waals surface area contributed by atoms with Crippen LogP contribution in [0.5, 0.6) is 0 Å². The van der Waals surface area contributed by atoms with Crippen LogP contribution in [0.15, 0.2) is 29.2 Å². The molecule has 0 radical (unpaired) electrons. The smallest absolute Gasteiger partial charge is 0.238 e. The monoisotopic (exact) mass is 354 g/mol. The summed E-state index contributed by atoms with van der Waals surface area (Å²) < 4.78 is 38.1.